The number of hydrogen-bond donors (Lipinski definition) is 2. The number of aromatic amines is 1. The Morgan fingerprint density at radius 3 is 2.39 bits per heavy atom. The van der Waals surface area contributed by atoms with E-state index < -0.39 is 6.04 Å². The number of benzene rings is 1. The first-order valence-corrected chi connectivity index (χ1v) is 13.7. The van der Waals surface area contributed by atoms with E-state index in [1.54, 1.807) is 12.1 Å². The Morgan fingerprint density at radius 1 is 1.03 bits per heavy atom. The van der Waals surface area contributed by atoms with E-state index in [1.165, 1.54) is 25.9 Å². The Morgan fingerprint density at radius 2 is 1.69 bits per heavy atom. The van der Waals surface area contributed by atoms with Gasteiger partial charge in [-0.15, -0.1) is 0 Å². The minimum Gasteiger partial charge on any atom is -0.379 e. The highest BCUT2D eigenvalue weighted by Gasteiger charge is 2.34. The molecule has 4 heterocycles. The number of hydrogen-bond acceptors (Lipinski definition) is 5. The lowest BCUT2D eigenvalue weighted by molar-refractivity contribution is -0.135. The highest BCUT2D eigenvalue weighted by molar-refractivity contribution is 6.31. The molecule has 2 N–H and O–H groups in total. The number of nitrogens with one attached hydrogen (secondary N) is 2. The molecule has 0 spiro atoms. The van der Waals surface area contributed by atoms with Gasteiger partial charge in [0.25, 0.3) is 5.91 Å². The smallest absolute Gasteiger partial charge is 0.268 e. The summed E-state index contributed by atoms with van der Waals surface area (Å²) in [6, 6.07) is 6.68. The average Bonchev–Trinajstić information content (AvgIpc) is 3.32. The van der Waals surface area contributed by atoms with Gasteiger partial charge in [-0.05, 0) is 81.9 Å². The Balaban J connectivity index is 1.24. The van der Waals surface area contributed by atoms with E-state index in [1.807, 2.05) is 17.0 Å². The van der Waals surface area contributed by atoms with Crippen LogP contribution in [0.2, 0.25) is 5.02 Å². The van der Waals surface area contributed by atoms with Crippen LogP contribution in [0, 0.1) is 11.8 Å². The SMILES string of the molecule is CN1CCC(C2CCN(C(=O)[C@@H](CN3CCOCC3)NC(=O)c3cc4cc(Cl)ccc4[nH]3)CC2)CC1. The van der Waals surface area contributed by atoms with Gasteiger partial charge in [0, 0.05) is 48.6 Å². The summed E-state index contributed by atoms with van der Waals surface area (Å²) in [6.45, 7) is 7.24. The molecule has 0 bridgehead atoms. The van der Waals surface area contributed by atoms with Gasteiger partial charge in [-0.1, -0.05) is 11.6 Å². The molecule has 0 radical (unpaired) electrons. The zero-order valence-corrected chi connectivity index (χ0v) is 21.9. The van der Waals surface area contributed by atoms with Crippen molar-refractivity contribution in [1.82, 2.24) is 25.0 Å². The average molecular weight is 516 g/mol. The number of rotatable bonds is 6. The summed E-state index contributed by atoms with van der Waals surface area (Å²) >= 11 is 6.11. The molecule has 8 nitrogen and oxygen atoms in total. The van der Waals surface area contributed by atoms with Crippen molar-refractivity contribution >= 4 is 34.3 Å². The number of carbonyl (C=O) groups excluding carboxylic acids is 2. The number of likely N-dealkylation sites (tertiary alicyclic amines) is 2. The Kier molecular flexibility index (Phi) is 8.15. The maximum absolute atomic E-state index is 13.7. The van der Waals surface area contributed by atoms with Crippen LogP contribution in [-0.4, -0.2) is 104 Å². The van der Waals surface area contributed by atoms with Crippen molar-refractivity contribution in [2.75, 3.05) is 66.1 Å². The fraction of sp³-hybridized carbons (Fsp3) is 0.630. The second-order valence-electron chi connectivity index (χ2n) is 10.7. The Hall–Kier alpha value is -2.13. The van der Waals surface area contributed by atoms with Crippen LogP contribution in [-0.2, 0) is 9.53 Å². The van der Waals surface area contributed by atoms with Gasteiger partial charge in [0.1, 0.15) is 11.7 Å². The van der Waals surface area contributed by atoms with Gasteiger partial charge < -0.3 is 24.8 Å². The number of nitrogens with zero attached hydrogens (tertiary/aromatic N) is 3. The number of fused-ring (bicyclic) bond motifs is 1. The van der Waals surface area contributed by atoms with Gasteiger partial charge in [0.15, 0.2) is 0 Å². The monoisotopic (exact) mass is 515 g/mol. The Bertz CT molecular complexity index is 1050. The largest absolute Gasteiger partial charge is 0.379 e. The molecule has 1 aromatic heterocycles. The molecule has 0 aliphatic carbocycles. The lowest BCUT2D eigenvalue weighted by atomic mass is 9.79. The molecule has 3 saturated heterocycles. The van der Waals surface area contributed by atoms with E-state index in [0.717, 1.165) is 55.8 Å². The van der Waals surface area contributed by atoms with Gasteiger partial charge in [-0.3, -0.25) is 14.5 Å². The second-order valence-corrected chi connectivity index (χ2v) is 11.1. The lowest BCUT2D eigenvalue weighted by Crippen LogP contribution is -2.56. The summed E-state index contributed by atoms with van der Waals surface area (Å²) in [4.78, 5) is 36.7. The van der Waals surface area contributed by atoms with E-state index in [2.05, 4.69) is 27.1 Å². The molecular formula is C27H38ClN5O3. The van der Waals surface area contributed by atoms with Gasteiger partial charge in [-0.2, -0.15) is 0 Å². The standard InChI is InChI=1S/C27H38ClN5O3/c1-31-8-4-19(5-9-31)20-6-10-33(11-7-20)27(35)25(18-32-12-14-36-15-13-32)30-26(34)24-17-21-16-22(28)2-3-23(21)29-24/h2-3,16-17,19-20,25,29H,4-15,18H2,1H3,(H,30,34)/t25-/m1/s1. The van der Waals surface area contributed by atoms with E-state index >= 15 is 0 Å². The molecule has 9 heteroatoms. The highest BCUT2D eigenvalue weighted by Crippen LogP contribution is 2.32. The fourth-order valence-electron chi connectivity index (χ4n) is 6.00. The number of piperidine rings is 2. The van der Waals surface area contributed by atoms with Gasteiger partial charge in [0.05, 0.1) is 13.2 Å². The van der Waals surface area contributed by atoms with Crippen molar-refractivity contribution in [3.05, 3.63) is 35.0 Å². The van der Waals surface area contributed by atoms with Gasteiger partial charge >= 0.3 is 0 Å². The third-order valence-electron chi connectivity index (χ3n) is 8.26. The number of H-pyrrole nitrogens is 1. The first kappa shape index (κ1) is 25.5. The lowest BCUT2D eigenvalue weighted by Gasteiger charge is -2.40. The molecule has 5 rings (SSSR count). The molecule has 2 amide bonds. The summed E-state index contributed by atoms with van der Waals surface area (Å²) in [5.74, 6) is 1.23. The maximum Gasteiger partial charge on any atom is 0.268 e. The maximum atomic E-state index is 13.7. The first-order chi connectivity index (χ1) is 17.5. The molecule has 36 heavy (non-hydrogen) atoms. The summed E-state index contributed by atoms with van der Waals surface area (Å²) in [7, 11) is 2.20. The van der Waals surface area contributed by atoms with Gasteiger partial charge in [-0.25, -0.2) is 0 Å². The molecule has 3 fully saturated rings. The molecular weight excluding hydrogens is 478 g/mol. The normalized spacial score (nSPS) is 22.1. The van der Waals surface area contributed by atoms with Crippen LogP contribution in [0.4, 0.5) is 0 Å². The molecule has 0 unspecified atom stereocenters. The zero-order chi connectivity index (χ0) is 25.1. The van der Waals surface area contributed by atoms with E-state index in [0.29, 0.717) is 36.4 Å². The van der Waals surface area contributed by atoms with Crippen molar-refractivity contribution < 1.29 is 14.3 Å². The number of amides is 2. The summed E-state index contributed by atoms with van der Waals surface area (Å²) < 4.78 is 5.48. The predicted molar refractivity (Wildman–Crippen MR) is 141 cm³/mol. The zero-order valence-electron chi connectivity index (χ0n) is 21.2. The van der Waals surface area contributed by atoms with Crippen LogP contribution < -0.4 is 5.32 Å². The summed E-state index contributed by atoms with van der Waals surface area (Å²) in [5, 5.41) is 4.55. The van der Waals surface area contributed by atoms with E-state index in [9.17, 15) is 9.59 Å². The van der Waals surface area contributed by atoms with Crippen molar-refractivity contribution in [2.45, 2.75) is 31.7 Å². The quantitative estimate of drug-likeness (QED) is 0.618. The fourth-order valence-corrected chi connectivity index (χ4v) is 6.18. The molecule has 1 aromatic carbocycles. The topological polar surface area (TPSA) is 80.9 Å². The third kappa shape index (κ3) is 6.05. The molecule has 196 valence electrons. The second kappa shape index (κ2) is 11.5. The number of aromatic nitrogens is 1. The van der Waals surface area contributed by atoms with Crippen molar-refractivity contribution in [3.8, 4) is 0 Å². The number of morpholine rings is 1. The van der Waals surface area contributed by atoms with Crippen LogP contribution >= 0.6 is 11.6 Å². The summed E-state index contributed by atoms with van der Waals surface area (Å²) in [5.41, 5.74) is 1.28. The molecule has 3 aliphatic rings. The van der Waals surface area contributed by atoms with E-state index in [4.69, 9.17) is 16.3 Å². The van der Waals surface area contributed by atoms with Crippen molar-refractivity contribution in [2.24, 2.45) is 11.8 Å². The van der Waals surface area contributed by atoms with E-state index in [-0.39, 0.29) is 11.8 Å². The minimum absolute atomic E-state index is 0.0239. The van der Waals surface area contributed by atoms with Crippen LogP contribution in [0.25, 0.3) is 10.9 Å². The molecule has 2 aromatic rings. The third-order valence-corrected chi connectivity index (χ3v) is 8.49. The minimum atomic E-state index is -0.592. The van der Waals surface area contributed by atoms with Crippen LogP contribution in [0.3, 0.4) is 0 Å². The van der Waals surface area contributed by atoms with Gasteiger partial charge in [0.2, 0.25) is 5.91 Å². The van der Waals surface area contributed by atoms with Crippen LogP contribution in [0.1, 0.15) is 36.2 Å². The van der Waals surface area contributed by atoms with Crippen molar-refractivity contribution in [1.29, 1.82) is 0 Å². The predicted octanol–water partition coefficient (Wildman–Crippen LogP) is 2.83. The Labute approximate surface area is 218 Å². The van der Waals surface area contributed by atoms with Crippen LogP contribution in [0.15, 0.2) is 24.3 Å². The van der Waals surface area contributed by atoms with Crippen LogP contribution in [0.5, 0.6) is 0 Å². The molecule has 1 atom stereocenters. The number of carbonyl (C=O) groups is 2. The molecule has 3 aliphatic heterocycles. The highest BCUT2D eigenvalue weighted by atomic mass is 35.5. The summed E-state index contributed by atoms with van der Waals surface area (Å²) in [6.07, 6.45) is 4.64. The van der Waals surface area contributed by atoms with Crippen molar-refractivity contribution in [3.63, 3.8) is 0 Å². The first-order valence-electron chi connectivity index (χ1n) is 13.3. The molecule has 0 saturated carbocycles. The number of halogens is 1. The number of ether oxygens (including phenoxy) is 1.